The van der Waals surface area contributed by atoms with Crippen LogP contribution in [0.15, 0.2) is 48.5 Å². The molecule has 0 spiro atoms. The Hall–Kier alpha value is -2.89. The summed E-state index contributed by atoms with van der Waals surface area (Å²) in [5.41, 5.74) is 1.97. The first-order valence-electron chi connectivity index (χ1n) is 8.68. The van der Waals surface area contributed by atoms with E-state index in [2.05, 4.69) is 5.32 Å². The third-order valence-corrected chi connectivity index (χ3v) is 4.42. The molecule has 1 N–H and O–H groups in total. The van der Waals surface area contributed by atoms with Crippen LogP contribution in [0.25, 0.3) is 0 Å². The smallest absolute Gasteiger partial charge is 0.338 e. The number of urea groups is 1. The molecule has 2 aromatic rings. The Morgan fingerprint density at radius 1 is 1.15 bits per heavy atom. The molecule has 5 nitrogen and oxygen atoms in total. The molecule has 136 valence electrons. The fourth-order valence-electron chi connectivity index (χ4n) is 3.14. The van der Waals surface area contributed by atoms with Gasteiger partial charge in [-0.3, -0.25) is 0 Å². The quantitative estimate of drug-likeness (QED) is 0.828. The van der Waals surface area contributed by atoms with Crippen molar-refractivity contribution in [2.24, 2.45) is 0 Å². The third kappa shape index (κ3) is 4.02. The molecule has 0 bridgehead atoms. The molecule has 0 radical (unpaired) electrons. The second kappa shape index (κ2) is 7.99. The average Bonchev–Trinajstić information content (AvgIpc) is 3.13. The fourth-order valence-corrected chi connectivity index (χ4v) is 3.14. The highest BCUT2D eigenvalue weighted by molar-refractivity contribution is 5.92. The van der Waals surface area contributed by atoms with Crippen molar-refractivity contribution in [2.45, 2.75) is 25.8 Å². The number of hydrogen-bond acceptors (Lipinski definition) is 3. The largest absolute Gasteiger partial charge is 0.462 e. The number of ether oxygens (including phenoxy) is 1. The van der Waals surface area contributed by atoms with Crippen molar-refractivity contribution in [1.82, 2.24) is 4.90 Å². The molecule has 1 atom stereocenters. The number of anilines is 1. The van der Waals surface area contributed by atoms with Crippen LogP contribution < -0.4 is 5.32 Å². The van der Waals surface area contributed by atoms with Crippen molar-refractivity contribution in [1.29, 1.82) is 0 Å². The maximum absolute atomic E-state index is 13.1. The highest BCUT2D eigenvalue weighted by atomic mass is 19.1. The summed E-state index contributed by atoms with van der Waals surface area (Å²) in [6.45, 7) is 2.71. The van der Waals surface area contributed by atoms with Crippen molar-refractivity contribution in [3.8, 4) is 0 Å². The Labute approximate surface area is 151 Å². The van der Waals surface area contributed by atoms with E-state index >= 15 is 0 Å². The highest BCUT2D eigenvalue weighted by Gasteiger charge is 2.30. The minimum absolute atomic E-state index is 0.0607. The number of carbonyl (C=O) groups excluding carboxylic acids is 2. The number of carbonyl (C=O) groups is 2. The highest BCUT2D eigenvalue weighted by Crippen LogP contribution is 2.32. The predicted octanol–water partition coefficient (Wildman–Crippen LogP) is 4.37. The molecule has 6 heteroatoms. The summed E-state index contributed by atoms with van der Waals surface area (Å²) in [5, 5.41) is 2.85. The molecule has 0 unspecified atom stereocenters. The van der Waals surface area contributed by atoms with Crippen LogP contribution in [0.3, 0.4) is 0 Å². The molecule has 1 aliphatic heterocycles. The van der Waals surface area contributed by atoms with E-state index in [1.807, 2.05) is 0 Å². The Morgan fingerprint density at radius 3 is 2.50 bits per heavy atom. The lowest BCUT2D eigenvalue weighted by Crippen LogP contribution is -2.34. The lowest BCUT2D eigenvalue weighted by molar-refractivity contribution is 0.0526. The van der Waals surface area contributed by atoms with Gasteiger partial charge in [-0.1, -0.05) is 12.1 Å². The second-order valence-corrected chi connectivity index (χ2v) is 6.13. The summed E-state index contributed by atoms with van der Waals surface area (Å²) in [7, 11) is 0. The van der Waals surface area contributed by atoms with Gasteiger partial charge >= 0.3 is 12.0 Å². The minimum atomic E-state index is -0.388. The standard InChI is InChI=1S/C20H21FN2O3/c1-2-26-19(24)15-7-11-17(12-8-15)22-20(25)23-13-3-4-18(23)14-5-9-16(21)10-6-14/h5-12,18H,2-4,13H2,1H3,(H,22,25)/t18-/m0/s1. The van der Waals surface area contributed by atoms with Crippen molar-refractivity contribution < 1.29 is 18.7 Å². The molecule has 0 aliphatic carbocycles. The van der Waals surface area contributed by atoms with Crippen LogP contribution in [0.4, 0.5) is 14.9 Å². The first-order chi connectivity index (χ1) is 12.6. The van der Waals surface area contributed by atoms with Gasteiger partial charge in [0.2, 0.25) is 0 Å². The summed E-state index contributed by atoms with van der Waals surface area (Å²) in [6.07, 6.45) is 1.75. The molecular formula is C20H21FN2O3. The van der Waals surface area contributed by atoms with Gasteiger partial charge in [-0.05, 0) is 61.7 Å². The zero-order chi connectivity index (χ0) is 18.5. The number of nitrogens with zero attached hydrogens (tertiary/aromatic N) is 1. The number of benzene rings is 2. The Balaban J connectivity index is 1.67. The topological polar surface area (TPSA) is 58.6 Å². The molecule has 2 aromatic carbocycles. The van der Waals surface area contributed by atoms with E-state index in [-0.39, 0.29) is 23.9 Å². The van der Waals surface area contributed by atoms with Crippen molar-refractivity contribution in [3.63, 3.8) is 0 Å². The predicted molar refractivity (Wildman–Crippen MR) is 96.5 cm³/mol. The maximum atomic E-state index is 13.1. The van der Waals surface area contributed by atoms with Gasteiger partial charge in [0.15, 0.2) is 0 Å². The van der Waals surface area contributed by atoms with Crippen LogP contribution in [0.1, 0.15) is 41.7 Å². The Bertz CT molecular complexity index is 775. The van der Waals surface area contributed by atoms with Crippen LogP contribution in [0.5, 0.6) is 0 Å². The monoisotopic (exact) mass is 356 g/mol. The van der Waals surface area contributed by atoms with Gasteiger partial charge in [-0.25, -0.2) is 14.0 Å². The molecule has 1 fully saturated rings. The number of likely N-dealkylation sites (tertiary alicyclic amines) is 1. The summed E-state index contributed by atoms with van der Waals surface area (Å²) in [6, 6.07) is 12.6. The van der Waals surface area contributed by atoms with Crippen molar-refractivity contribution in [2.75, 3.05) is 18.5 Å². The van der Waals surface area contributed by atoms with E-state index in [0.29, 0.717) is 24.4 Å². The number of nitrogens with one attached hydrogen (secondary N) is 1. The number of esters is 1. The van der Waals surface area contributed by atoms with Crippen molar-refractivity contribution in [3.05, 3.63) is 65.5 Å². The maximum Gasteiger partial charge on any atom is 0.338 e. The van der Waals surface area contributed by atoms with Gasteiger partial charge < -0.3 is 15.0 Å². The van der Waals surface area contributed by atoms with Gasteiger partial charge in [0.05, 0.1) is 18.2 Å². The fraction of sp³-hybridized carbons (Fsp3) is 0.300. The zero-order valence-electron chi connectivity index (χ0n) is 14.6. The first kappa shape index (κ1) is 17.9. The number of halogens is 1. The van der Waals surface area contributed by atoms with E-state index < -0.39 is 0 Å². The summed E-state index contributed by atoms with van der Waals surface area (Å²) in [5.74, 6) is -0.675. The van der Waals surface area contributed by atoms with E-state index in [9.17, 15) is 14.0 Å². The van der Waals surface area contributed by atoms with E-state index in [0.717, 1.165) is 18.4 Å². The number of amides is 2. The number of hydrogen-bond donors (Lipinski definition) is 1. The Kier molecular flexibility index (Phi) is 5.51. The van der Waals surface area contributed by atoms with E-state index in [1.165, 1.54) is 12.1 Å². The zero-order valence-corrected chi connectivity index (χ0v) is 14.6. The van der Waals surface area contributed by atoms with Gasteiger partial charge in [0.1, 0.15) is 5.82 Å². The third-order valence-electron chi connectivity index (χ3n) is 4.42. The lowest BCUT2D eigenvalue weighted by Gasteiger charge is -2.25. The molecular weight excluding hydrogens is 335 g/mol. The molecule has 3 rings (SSSR count). The normalized spacial score (nSPS) is 16.4. The molecule has 0 aromatic heterocycles. The molecule has 2 amide bonds. The van der Waals surface area contributed by atoms with Gasteiger partial charge in [0.25, 0.3) is 0 Å². The van der Waals surface area contributed by atoms with Crippen molar-refractivity contribution >= 4 is 17.7 Å². The average molecular weight is 356 g/mol. The Morgan fingerprint density at radius 2 is 1.85 bits per heavy atom. The summed E-state index contributed by atoms with van der Waals surface area (Å²) >= 11 is 0. The summed E-state index contributed by atoms with van der Waals surface area (Å²) < 4.78 is 18.1. The van der Waals surface area contributed by atoms with Gasteiger partial charge in [-0.15, -0.1) is 0 Å². The molecule has 1 aliphatic rings. The van der Waals surface area contributed by atoms with Crippen LogP contribution in [0, 0.1) is 5.82 Å². The minimum Gasteiger partial charge on any atom is -0.462 e. The van der Waals surface area contributed by atoms with Crippen LogP contribution in [-0.2, 0) is 4.74 Å². The number of rotatable bonds is 4. The van der Waals surface area contributed by atoms with Crippen LogP contribution >= 0.6 is 0 Å². The van der Waals surface area contributed by atoms with Crippen LogP contribution in [-0.4, -0.2) is 30.1 Å². The molecule has 0 saturated carbocycles. The van der Waals surface area contributed by atoms with Gasteiger partial charge in [-0.2, -0.15) is 0 Å². The first-order valence-corrected chi connectivity index (χ1v) is 8.68. The van der Waals surface area contributed by atoms with Gasteiger partial charge in [0, 0.05) is 12.2 Å². The molecule has 26 heavy (non-hydrogen) atoms. The molecule has 1 saturated heterocycles. The van der Waals surface area contributed by atoms with E-state index in [1.54, 1.807) is 48.2 Å². The summed E-state index contributed by atoms with van der Waals surface area (Å²) in [4.78, 5) is 26.1. The molecule has 1 heterocycles. The van der Waals surface area contributed by atoms with E-state index in [4.69, 9.17) is 4.74 Å². The second-order valence-electron chi connectivity index (χ2n) is 6.13. The van der Waals surface area contributed by atoms with Crippen LogP contribution in [0.2, 0.25) is 0 Å². The lowest BCUT2D eigenvalue weighted by atomic mass is 10.0. The SMILES string of the molecule is CCOC(=O)c1ccc(NC(=O)N2CCC[C@H]2c2ccc(F)cc2)cc1.